The number of benzene rings is 3. The lowest BCUT2D eigenvalue weighted by Gasteiger charge is -2.12. The number of carbonyl (C=O) groups excluding carboxylic acids is 3. The second-order valence-electron chi connectivity index (χ2n) is 6.59. The molecule has 0 saturated heterocycles. The molecule has 30 heavy (non-hydrogen) atoms. The van der Waals surface area contributed by atoms with Crippen LogP contribution in [0.1, 0.15) is 26.3 Å². The molecule has 0 aliphatic heterocycles. The molecule has 0 saturated carbocycles. The molecule has 0 heterocycles. The summed E-state index contributed by atoms with van der Waals surface area (Å²) in [5, 5.41) is 5.69. The second kappa shape index (κ2) is 9.88. The lowest BCUT2D eigenvalue weighted by atomic mass is 10.1. The SMILES string of the molecule is Cc1ccc(NCC(=O)NNC(=O)c2ccccc2NC(=O)c2ccccc2)cc1. The van der Waals surface area contributed by atoms with E-state index in [-0.39, 0.29) is 18.0 Å². The molecular formula is C23H22N4O3. The minimum atomic E-state index is -0.539. The lowest BCUT2D eigenvalue weighted by Crippen LogP contribution is -2.44. The second-order valence-corrected chi connectivity index (χ2v) is 6.59. The van der Waals surface area contributed by atoms with Gasteiger partial charge in [0, 0.05) is 11.3 Å². The quantitative estimate of drug-likeness (QED) is 0.476. The van der Waals surface area contributed by atoms with Gasteiger partial charge in [-0.1, -0.05) is 48.0 Å². The Hall–Kier alpha value is -4.13. The van der Waals surface area contributed by atoms with Crippen molar-refractivity contribution in [3.8, 4) is 0 Å². The first kappa shape index (κ1) is 20.6. The first-order valence-corrected chi connectivity index (χ1v) is 9.38. The molecule has 4 N–H and O–H groups in total. The number of hydrogen-bond acceptors (Lipinski definition) is 4. The average molecular weight is 402 g/mol. The normalized spacial score (nSPS) is 10.0. The monoisotopic (exact) mass is 402 g/mol. The average Bonchev–Trinajstić information content (AvgIpc) is 2.78. The van der Waals surface area contributed by atoms with E-state index in [1.807, 2.05) is 37.3 Å². The Balaban J connectivity index is 1.55. The minimum absolute atomic E-state index is 0.00424. The molecule has 3 aromatic rings. The number of hydrogen-bond donors (Lipinski definition) is 4. The largest absolute Gasteiger partial charge is 0.376 e. The van der Waals surface area contributed by atoms with Gasteiger partial charge in [-0.15, -0.1) is 0 Å². The molecule has 0 aliphatic rings. The number of hydrazine groups is 1. The molecule has 7 nitrogen and oxygen atoms in total. The first-order valence-electron chi connectivity index (χ1n) is 9.38. The smallest absolute Gasteiger partial charge is 0.271 e. The number of para-hydroxylation sites is 1. The predicted molar refractivity (Wildman–Crippen MR) is 116 cm³/mol. The van der Waals surface area contributed by atoms with Gasteiger partial charge in [0.2, 0.25) is 0 Å². The molecule has 0 bridgehead atoms. The highest BCUT2D eigenvalue weighted by Gasteiger charge is 2.14. The first-order chi connectivity index (χ1) is 14.5. The van der Waals surface area contributed by atoms with Crippen LogP contribution in [0.15, 0.2) is 78.9 Å². The van der Waals surface area contributed by atoms with Crippen LogP contribution in [0.3, 0.4) is 0 Å². The highest BCUT2D eigenvalue weighted by Crippen LogP contribution is 2.16. The maximum Gasteiger partial charge on any atom is 0.271 e. The summed E-state index contributed by atoms with van der Waals surface area (Å²) in [6.07, 6.45) is 0. The molecule has 0 spiro atoms. The number of anilines is 2. The van der Waals surface area contributed by atoms with E-state index in [0.29, 0.717) is 11.3 Å². The van der Waals surface area contributed by atoms with Crippen molar-refractivity contribution in [2.75, 3.05) is 17.2 Å². The zero-order valence-corrected chi connectivity index (χ0v) is 16.4. The molecule has 7 heteroatoms. The Morgan fingerprint density at radius 1 is 0.733 bits per heavy atom. The summed E-state index contributed by atoms with van der Waals surface area (Å²) in [5.74, 6) is -1.28. The van der Waals surface area contributed by atoms with E-state index in [0.717, 1.165) is 11.3 Å². The molecule has 3 aromatic carbocycles. The van der Waals surface area contributed by atoms with E-state index >= 15 is 0 Å². The number of nitrogens with one attached hydrogen (secondary N) is 4. The van der Waals surface area contributed by atoms with Crippen molar-refractivity contribution in [3.05, 3.63) is 95.6 Å². The third kappa shape index (κ3) is 5.68. The number of aryl methyl sites for hydroxylation is 1. The molecule has 0 radical (unpaired) electrons. The van der Waals surface area contributed by atoms with E-state index in [2.05, 4.69) is 21.5 Å². The summed E-state index contributed by atoms with van der Waals surface area (Å²) in [7, 11) is 0. The van der Waals surface area contributed by atoms with Crippen molar-refractivity contribution in [1.82, 2.24) is 10.9 Å². The topological polar surface area (TPSA) is 99.3 Å². The van der Waals surface area contributed by atoms with Crippen molar-refractivity contribution in [2.45, 2.75) is 6.92 Å². The summed E-state index contributed by atoms with van der Waals surface area (Å²) < 4.78 is 0. The van der Waals surface area contributed by atoms with Gasteiger partial charge >= 0.3 is 0 Å². The predicted octanol–water partition coefficient (Wildman–Crippen LogP) is 3.12. The Morgan fingerprint density at radius 2 is 1.40 bits per heavy atom. The van der Waals surface area contributed by atoms with Crippen LogP contribution in [-0.4, -0.2) is 24.3 Å². The fraction of sp³-hybridized carbons (Fsp3) is 0.0870. The van der Waals surface area contributed by atoms with Crippen molar-refractivity contribution in [2.24, 2.45) is 0 Å². The summed E-state index contributed by atoms with van der Waals surface area (Å²) in [4.78, 5) is 36.9. The molecule has 0 unspecified atom stereocenters. The van der Waals surface area contributed by atoms with Gasteiger partial charge in [-0.25, -0.2) is 0 Å². The Bertz CT molecular complexity index is 1030. The maximum atomic E-state index is 12.5. The van der Waals surface area contributed by atoms with Crippen LogP contribution >= 0.6 is 0 Å². The van der Waals surface area contributed by atoms with Crippen molar-refractivity contribution >= 4 is 29.1 Å². The van der Waals surface area contributed by atoms with E-state index in [9.17, 15) is 14.4 Å². The molecule has 0 fully saturated rings. The van der Waals surface area contributed by atoms with E-state index in [4.69, 9.17) is 0 Å². The van der Waals surface area contributed by atoms with Crippen LogP contribution in [0.5, 0.6) is 0 Å². The molecular weight excluding hydrogens is 380 g/mol. The number of amides is 3. The van der Waals surface area contributed by atoms with Crippen molar-refractivity contribution in [3.63, 3.8) is 0 Å². The zero-order valence-electron chi connectivity index (χ0n) is 16.4. The van der Waals surface area contributed by atoms with E-state index < -0.39 is 11.8 Å². The molecule has 3 rings (SSSR count). The van der Waals surface area contributed by atoms with Gasteiger partial charge in [0.25, 0.3) is 17.7 Å². The van der Waals surface area contributed by atoms with Crippen LogP contribution in [0.4, 0.5) is 11.4 Å². The van der Waals surface area contributed by atoms with Gasteiger partial charge in [0.1, 0.15) is 0 Å². The fourth-order valence-electron chi connectivity index (χ4n) is 2.67. The van der Waals surface area contributed by atoms with Crippen molar-refractivity contribution < 1.29 is 14.4 Å². The molecule has 3 amide bonds. The Morgan fingerprint density at radius 3 is 2.13 bits per heavy atom. The van der Waals surface area contributed by atoms with Gasteiger partial charge < -0.3 is 10.6 Å². The van der Waals surface area contributed by atoms with Crippen LogP contribution < -0.4 is 21.5 Å². The van der Waals surface area contributed by atoms with Crippen LogP contribution in [0, 0.1) is 6.92 Å². The summed E-state index contributed by atoms with van der Waals surface area (Å²) in [5.41, 5.74) is 7.70. The van der Waals surface area contributed by atoms with Crippen LogP contribution in [-0.2, 0) is 4.79 Å². The molecule has 0 atom stereocenters. The summed E-state index contributed by atoms with van der Waals surface area (Å²) in [6, 6.07) is 22.9. The van der Waals surface area contributed by atoms with Gasteiger partial charge in [0.05, 0.1) is 17.8 Å². The van der Waals surface area contributed by atoms with Gasteiger partial charge in [0.15, 0.2) is 0 Å². The van der Waals surface area contributed by atoms with Gasteiger partial charge in [-0.3, -0.25) is 25.2 Å². The summed E-state index contributed by atoms with van der Waals surface area (Å²) >= 11 is 0. The number of carbonyl (C=O) groups is 3. The standard InChI is InChI=1S/C23H22N4O3/c1-16-11-13-18(14-12-16)24-15-21(28)26-27-23(30)19-9-5-6-10-20(19)25-22(29)17-7-3-2-4-8-17/h2-14,24H,15H2,1H3,(H,25,29)(H,26,28)(H,27,30). The zero-order chi connectivity index (χ0) is 21.3. The van der Waals surface area contributed by atoms with Gasteiger partial charge in [-0.2, -0.15) is 0 Å². The van der Waals surface area contributed by atoms with E-state index in [1.54, 1.807) is 48.5 Å². The van der Waals surface area contributed by atoms with Gasteiger partial charge in [-0.05, 0) is 43.3 Å². The lowest BCUT2D eigenvalue weighted by molar-refractivity contribution is -0.120. The maximum absolute atomic E-state index is 12.5. The highest BCUT2D eigenvalue weighted by molar-refractivity contribution is 6.09. The minimum Gasteiger partial charge on any atom is -0.376 e. The third-order valence-electron chi connectivity index (χ3n) is 4.28. The Kier molecular flexibility index (Phi) is 6.78. The van der Waals surface area contributed by atoms with Crippen molar-refractivity contribution in [1.29, 1.82) is 0 Å². The Labute approximate surface area is 174 Å². The van der Waals surface area contributed by atoms with Crippen LogP contribution in [0.2, 0.25) is 0 Å². The summed E-state index contributed by atoms with van der Waals surface area (Å²) in [6.45, 7) is 1.97. The molecule has 0 aliphatic carbocycles. The fourth-order valence-corrected chi connectivity index (χ4v) is 2.67. The third-order valence-corrected chi connectivity index (χ3v) is 4.28. The van der Waals surface area contributed by atoms with E-state index in [1.165, 1.54) is 0 Å². The van der Waals surface area contributed by atoms with Crippen LogP contribution in [0.25, 0.3) is 0 Å². The molecule has 0 aromatic heterocycles. The highest BCUT2D eigenvalue weighted by atomic mass is 16.2. The molecule has 152 valence electrons. The number of rotatable bonds is 6.